The Balaban J connectivity index is 2.18. The number of aliphatic hydroxyl groups is 1. The van der Waals surface area contributed by atoms with Crippen molar-refractivity contribution in [1.29, 1.82) is 0 Å². The fourth-order valence-corrected chi connectivity index (χ4v) is 3.25. The molecule has 0 atom stereocenters. The van der Waals surface area contributed by atoms with E-state index in [0.717, 1.165) is 25.0 Å². The minimum absolute atomic E-state index is 0.107. The molecule has 7 nitrogen and oxygen atoms in total. The first kappa shape index (κ1) is 23.9. The summed E-state index contributed by atoms with van der Waals surface area (Å²) in [6.45, 7) is 6.43. The molecule has 0 fully saturated rings. The minimum atomic E-state index is -0.328. The van der Waals surface area contributed by atoms with Gasteiger partial charge in [0, 0.05) is 33.4 Å². The number of imide groups is 1. The average Bonchev–Trinajstić information content (AvgIpc) is 2.99. The van der Waals surface area contributed by atoms with Crippen molar-refractivity contribution in [3.8, 4) is 5.75 Å². The Labute approximate surface area is 179 Å². The van der Waals surface area contributed by atoms with Gasteiger partial charge >= 0.3 is 0 Å². The SMILES string of the molecule is CCCCOCCCN1C(=O)C(c2ccc(OCCC)cc2)=C(N(C)CCO)C1=O. The molecule has 1 aliphatic rings. The van der Waals surface area contributed by atoms with Gasteiger partial charge in [-0.15, -0.1) is 0 Å². The molecule has 2 rings (SSSR count). The van der Waals surface area contributed by atoms with Crippen molar-refractivity contribution in [2.75, 3.05) is 46.6 Å². The van der Waals surface area contributed by atoms with Crippen LogP contribution in [0.4, 0.5) is 0 Å². The highest BCUT2D eigenvalue weighted by molar-refractivity contribution is 6.35. The molecule has 0 aliphatic carbocycles. The van der Waals surface area contributed by atoms with Crippen molar-refractivity contribution >= 4 is 17.4 Å². The molecule has 1 aliphatic heterocycles. The van der Waals surface area contributed by atoms with Gasteiger partial charge in [0.05, 0.1) is 18.8 Å². The zero-order valence-corrected chi connectivity index (χ0v) is 18.4. The van der Waals surface area contributed by atoms with E-state index >= 15 is 0 Å². The number of nitrogens with zero attached hydrogens (tertiary/aromatic N) is 2. The number of rotatable bonds is 14. The number of aliphatic hydroxyl groups excluding tert-OH is 1. The normalized spacial score (nSPS) is 14.1. The van der Waals surface area contributed by atoms with Crippen LogP contribution in [0, 0.1) is 0 Å². The third kappa shape index (κ3) is 6.06. The second-order valence-electron chi connectivity index (χ2n) is 7.32. The number of unbranched alkanes of at least 4 members (excludes halogenated alkanes) is 1. The number of carbonyl (C=O) groups excluding carboxylic acids is 2. The van der Waals surface area contributed by atoms with Gasteiger partial charge in [0.15, 0.2) is 0 Å². The van der Waals surface area contributed by atoms with E-state index in [4.69, 9.17) is 9.47 Å². The minimum Gasteiger partial charge on any atom is -0.494 e. The molecule has 1 heterocycles. The molecule has 2 amide bonds. The number of amides is 2. The molecule has 0 bridgehead atoms. The number of hydrogen-bond donors (Lipinski definition) is 1. The number of benzene rings is 1. The van der Waals surface area contributed by atoms with E-state index in [1.54, 1.807) is 24.1 Å². The summed E-state index contributed by atoms with van der Waals surface area (Å²) in [5.74, 6) is 0.0886. The second-order valence-corrected chi connectivity index (χ2v) is 7.32. The van der Waals surface area contributed by atoms with Crippen molar-refractivity contribution in [2.45, 2.75) is 39.5 Å². The van der Waals surface area contributed by atoms with E-state index in [2.05, 4.69) is 6.92 Å². The third-order valence-electron chi connectivity index (χ3n) is 4.89. The van der Waals surface area contributed by atoms with Crippen LogP contribution in [-0.2, 0) is 14.3 Å². The monoisotopic (exact) mass is 418 g/mol. The second kappa shape index (κ2) is 12.3. The summed E-state index contributed by atoms with van der Waals surface area (Å²) >= 11 is 0. The first-order valence-electron chi connectivity index (χ1n) is 10.8. The van der Waals surface area contributed by atoms with Crippen LogP contribution in [-0.4, -0.2) is 73.3 Å². The maximum absolute atomic E-state index is 13.1. The summed E-state index contributed by atoms with van der Waals surface area (Å²) in [6, 6.07) is 7.22. The Bertz CT molecular complexity index is 730. The average molecular weight is 419 g/mol. The molecule has 0 spiro atoms. The van der Waals surface area contributed by atoms with Crippen LogP contribution in [0.2, 0.25) is 0 Å². The Morgan fingerprint density at radius 2 is 1.67 bits per heavy atom. The summed E-state index contributed by atoms with van der Waals surface area (Å²) in [5.41, 5.74) is 1.35. The fraction of sp³-hybridized carbons (Fsp3) is 0.565. The van der Waals surface area contributed by atoms with E-state index in [1.807, 2.05) is 19.1 Å². The first-order valence-corrected chi connectivity index (χ1v) is 10.8. The lowest BCUT2D eigenvalue weighted by Gasteiger charge is -2.20. The Kier molecular flexibility index (Phi) is 9.83. The molecular formula is C23H34N2O5. The third-order valence-corrected chi connectivity index (χ3v) is 4.89. The van der Waals surface area contributed by atoms with Crippen LogP contribution < -0.4 is 4.74 Å². The smallest absolute Gasteiger partial charge is 0.277 e. The Morgan fingerprint density at radius 3 is 2.30 bits per heavy atom. The van der Waals surface area contributed by atoms with Crippen molar-refractivity contribution < 1.29 is 24.2 Å². The number of ether oxygens (including phenoxy) is 2. The first-order chi connectivity index (χ1) is 14.5. The molecule has 1 aromatic carbocycles. The summed E-state index contributed by atoms with van der Waals surface area (Å²) in [5, 5.41) is 9.33. The molecule has 166 valence electrons. The molecule has 0 radical (unpaired) electrons. The van der Waals surface area contributed by atoms with Crippen LogP contribution in [0.25, 0.3) is 5.57 Å². The van der Waals surface area contributed by atoms with Crippen molar-refractivity contribution in [2.24, 2.45) is 0 Å². The lowest BCUT2D eigenvalue weighted by molar-refractivity contribution is -0.137. The topological polar surface area (TPSA) is 79.3 Å². The summed E-state index contributed by atoms with van der Waals surface area (Å²) in [6.07, 6.45) is 3.57. The van der Waals surface area contributed by atoms with Gasteiger partial charge in [0.25, 0.3) is 11.8 Å². The van der Waals surface area contributed by atoms with Crippen LogP contribution in [0.1, 0.15) is 45.1 Å². The molecule has 0 saturated carbocycles. The van der Waals surface area contributed by atoms with Crippen LogP contribution in [0.5, 0.6) is 5.75 Å². The predicted octanol–water partition coefficient (Wildman–Crippen LogP) is 2.69. The molecule has 7 heteroatoms. The highest BCUT2D eigenvalue weighted by Gasteiger charge is 2.40. The van der Waals surface area contributed by atoms with E-state index in [-0.39, 0.29) is 25.0 Å². The van der Waals surface area contributed by atoms with E-state index in [0.29, 0.717) is 49.6 Å². The number of likely N-dealkylation sites (N-methyl/N-ethyl adjacent to an activating group) is 1. The lowest BCUT2D eigenvalue weighted by Crippen LogP contribution is -2.36. The maximum Gasteiger partial charge on any atom is 0.277 e. The predicted molar refractivity (Wildman–Crippen MR) is 116 cm³/mol. The van der Waals surface area contributed by atoms with Crippen LogP contribution in [0.3, 0.4) is 0 Å². The van der Waals surface area contributed by atoms with Gasteiger partial charge < -0.3 is 19.5 Å². The van der Waals surface area contributed by atoms with Gasteiger partial charge in [-0.2, -0.15) is 0 Å². The molecule has 1 N–H and O–H groups in total. The quantitative estimate of drug-likeness (QED) is 0.370. The maximum atomic E-state index is 13.1. The Hall–Kier alpha value is -2.38. The van der Waals surface area contributed by atoms with Crippen LogP contribution >= 0.6 is 0 Å². The van der Waals surface area contributed by atoms with Gasteiger partial charge in [-0.25, -0.2) is 0 Å². The highest BCUT2D eigenvalue weighted by Crippen LogP contribution is 2.32. The van der Waals surface area contributed by atoms with E-state index in [9.17, 15) is 14.7 Å². The van der Waals surface area contributed by atoms with Gasteiger partial charge in [0.2, 0.25) is 0 Å². The highest BCUT2D eigenvalue weighted by atomic mass is 16.5. The zero-order chi connectivity index (χ0) is 21.9. The molecule has 30 heavy (non-hydrogen) atoms. The van der Waals surface area contributed by atoms with E-state index < -0.39 is 0 Å². The molecule has 0 aromatic heterocycles. The largest absolute Gasteiger partial charge is 0.494 e. The van der Waals surface area contributed by atoms with Crippen molar-refractivity contribution in [3.05, 3.63) is 35.5 Å². The summed E-state index contributed by atoms with van der Waals surface area (Å²) in [4.78, 5) is 29.1. The Morgan fingerprint density at radius 1 is 0.967 bits per heavy atom. The fourth-order valence-electron chi connectivity index (χ4n) is 3.25. The number of carbonyl (C=O) groups is 2. The molecular weight excluding hydrogens is 384 g/mol. The standard InChI is InChI=1S/C23H34N2O5/c1-4-6-16-29-17-7-12-25-22(27)20(21(23(25)28)24(3)13-14-26)18-8-10-19(11-9-18)30-15-5-2/h8-11,26H,4-7,12-17H2,1-3H3. The summed E-state index contributed by atoms with van der Waals surface area (Å²) in [7, 11) is 1.72. The number of hydrogen-bond acceptors (Lipinski definition) is 6. The zero-order valence-electron chi connectivity index (χ0n) is 18.4. The van der Waals surface area contributed by atoms with E-state index in [1.165, 1.54) is 4.90 Å². The summed E-state index contributed by atoms with van der Waals surface area (Å²) < 4.78 is 11.2. The molecule has 1 aromatic rings. The molecule has 0 saturated heterocycles. The van der Waals surface area contributed by atoms with Gasteiger partial charge in [-0.1, -0.05) is 32.4 Å². The van der Waals surface area contributed by atoms with Gasteiger partial charge in [-0.3, -0.25) is 14.5 Å². The van der Waals surface area contributed by atoms with Crippen LogP contribution in [0.15, 0.2) is 30.0 Å². The van der Waals surface area contributed by atoms with Gasteiger partial charge in [-0.05, 0) is 37.0 Å². The van der Waals surface area contributed by atoms with Gasteiger partial charge in [0.1, 0.15) is 11.4 Å². The molecule has 0 unspecified atom stereocenters. The van der Waals surface area contributed by atoms with Crippen molar-refractivity contribution in [3.63, 3.8) is 0 Å². The lowest BCUT2D eigenvalue weighted by atomic mass is 10.0. The van der Waals surface area contributed by atoms with Crippen molar-refractivity contribution in [1.82, 2.24) is 9.80 Å².